The van der Waals surface area contributed by atoms with Crippen LogP contribution in [0.5, 0.6) is 0 Å². The van der Waals surface area contributed by atoms with E-state index in [1.807, 2.05) is 24.4 Å². The number of thioether (sulfide) groups is 1. The third-order valence-corrected chi connectivity index (χ3v) is 7.26. The molecule has 30 heavy (non-hydrogen) atoms. The van der Waals surface area contributed by atoms with E-state index < -0.39 is 0 Å². The molecule has 0 aliphatic carbocycles. The number of aryl methyl sites for hydroxylation is 2. The largest absolute Gasteiger partial charge is 0.339 e. The number of halogens is 1. The number of aromatic nitrogens is 3. The number of thiophene rings is 1. The van der Waals surface area contributed by atoms with Crippen molar-refractivity contribution < 1.29 is 9.32 Å². The molecule has 0 radical (unpaired) electrons. The number of nitrogens with zero attached hydrogens (tertiary/aromatic N) is 3. The van der Waals surface area contributed by atoms with Gasteiger partial charge in [-0.1, -0.05) is 34.6 Å². The number of rotatable bonds is 8. The molecule has 0 unspecified atom stereocenters. The molecule has 1 aromatic carbocycles. The molecule has 0 bridgehead atoms. The summed E-state index contributed by atoms with van der Waals surface area (Å²) in [5.74, 6) is 1.50. The van der Waals surface area contributed by atoms with Crippen molar-refractivity contribution in [1.82, 2.24) is 15.1 Å². The third kappa shape index (κ3) is 5.48. The molecular formula is C20H17ClN4O2S3. The lowest BCUT2D eigenvalue weighted by atomic mass is 10.2. The number of nitrogens with one attached hydrogen (secondary N) is 1. The summed E-state index contributed by atoms with van der Waals surface area (Å²) in [6.07, 6.45) is 0.642. The molecule has 1 N–H and O–H groups in total. The maximum atomic E-state index is 12.2. The fourth-order valence-electron chi connectivity index (χ4n) is 2.64. The Morgan fingerprint density at radius 2 is 2.17 bits per heavy atom. The standard InChI is InChI=1S/C20H17ClN4O2S3/c1-12-9-13(21)4-5-14(12)22-18(26)6-7-19-24-17(25-27-19)11-30-20-23-15(10-29-20)16-3-2-8-28-16/h2-5,8-10H,6-7,11H2,1H3,(H,22,26). The minimum absolute atomic E-state index is 0.113. The monoisotopic (exact) mass is 476 g/mol. The predicted octanol–water partition coefficient (Wildman–Crippen LogP) is 6.08. The van der Waals surface area contributed by atoms with Crippen LogP contribution in [0, 0.1) is 6.92 Å². The molecule has 1 amide bonds. The topological polar surface area (TPSA) is 80.9 Å². The van der Waals surface area contributed by atoms with Gasteiger partial charge in [0.2, 0.25) is 11.8 Å². The normalized spacial score (nSPS) is 11.0. The van der Waals surface area contributed by atoms with Gasteiger partial charge in [-0.3, -0.25) is 4.79 Å². The van der Waals surface area contributed by atoms with Crippen LogP contribution in [-0.2, 0) is 17.0 Å². The van der Waals surface area contributed by atoms with E-state index in [1.165, 1.54) is 0 Å². The molecule has 0 saturated carbocycles. The zero-order valence-corrected chi connectivity index (χ0v) is 19.1. The molecule has 0 atom stereocenters. The van der Waals surface area contributed by atoms with E-state index in [1.54, 1.807) is 46.6 Å². The highest BCUT2D eigenvalue weighted by molar-refractivity contribution is 8.00. The van der Waals surface area contributed by atoms with Crippen LogP contribution in [0.1, 0.15) is 23.7 Å². The van der Waals surface area contributed by atoms with Crippen molar-refractivity contribution >= 4 is 57.6 Å². The molecule has 0 saturated heterocycles. The van der Waals surface area contributed by atoms with Crippen molar-refractivity contribution in [3.05, 3.63) is 63.4 Å². The van der Waals surface area contributed by atoms with Gasteiger partial charge >= 0.3 is 0 Å². The van der Waals surface area contributed by atoms with Gasteiger partial charge in [-0.25, -0.2) is 4.98 Å². The Kier molecular flexibility index (Phi) is 6.83. The molecule has 3 heterocycles. The van der Waals surface area contributed by atoms with Gasteiger partial charge in [0.1, 0.15) is 0 Å². The van der Waals surface area contributed by atoms with Crippen molar-refractivity contribution in [2.45, 2.75) is 29.9 Å². The van der Waals surface area contributed by atoms with Gasteiger partial charge in [-0.2, -0.15) is 4.98 Å². The van der Waals surface area contributed by atoms with Crippen LogP contribution in [0.4, 0.5) is 5.69 Å². The van der Waals surface area contributed by atoms with E-state index in [0.717, 1.165) is 26.2 Å². The van der Waals surface area contributed by atoms with Crippen LogP contribution in [0.3, 0.4) is 0 Å². The summed E-state index contributed by atoms with van der Waals surface area (Å²) >= 11 is 10.8. The molecule has 0 spiro atoms. The molecule has 0 aliphatic rings. The predicted molar refractivity (Wildman–Crippen MR) is 122 cm³/mol. The molecule has 0 fully saturated rings. The Morgan fingerprint density at radius 1 is 1.27 bits per heavy atom. The summed E-state index contributed by atoms with van der Waals surface area (Å²) in [4.78, 5) is 22.4. The first-order valence-electron chi connectivity index (χ1n) is 9.06. The Morgan fingerprint density at radius 3 is 2.97 bits per heavy atom. The minimum Gasteiger partial charge on any atom is -0.339 e. The number of carbonyl (C=O) groups excluding carboxylic acids is 1. The summed E-state index contributed by atoms with van der Waals surface area (Å²) in [5, 5.41) is 11.6. The number of thiazole rings is 1. The highest BCUT2D eigenvalue weighted by Crippen LogP contribution is 2.31. The molecule has 4 aromatic rings. The summed E-state index contributed by atoms with van der Waals surface area (Å²) in [6, 6.07) is 9.43. The van der Waals surface area contributed by atoms with Crippen molar-refractivity contribution in [3.63, 3.8) is 0 Å². The second kappa shape index (κ2) is 9.74. The molecule has 3 aromatic heterocycles. The second-order valence-corrected chi connectivity index (χ2v) is 9.84. The number of benzene rings is 1. The van der Waals surface area contributed by atoms with Crippen molar-refractivity contribution in [1.29, 1.82) is 0 Å². The molecule has 0 aliphatic heterocycles. The molecular weight excluding hydrogens is 460 g/mol. The van der Waals surface area contributed by atoms with Gasteiger partial charge in [0.05, 0.1) is 16.3 Å². The summed E-state index contributed by atoms with van der Waals surface area (Å²) in [6.45, 7) is 1.90. The average molecular weight is 477 g/mol. The molecule has 154 valence electrons. The number of hydrogen-bond donors (Lipinski definition) is 1. The van der Waals surface area contributed by atoms with Crippen molar-refractivity contribution in [3.8, 4) is 10.6 Å². The highest BCUT2D eigenvalue weighted by Gasteiger charge is 2.12. The van der Waals surface area contributed by atoms with Crippen LogP contribution in [0.15, 0.2) is 50.0 Å². The quantitative estimate of drug-likeness (QED) is 0.310. The first-order valence-corrected chi connectivity index (χ1v) is 12.2. The average Bonchev–Trinajstić information content (AvgIpc) is 3.48. The van der Waals surface area contributed by atoms with E-state index >= 15 is 0 Å². The highest BCUT2D eigenvalue weighted by atomic mass is 35.5. The summed E-state index contributed by atoms with van der Waals surface area (Å²) in [7, 11) is 0. The molecule has 6 nitrogen and oxygen atoms in total. The zero-order chi connectivity index (χ0) is 20.9. The minimum atomic E-state index is -0.113. The van der Waals surface area contributed by atoms with Gasteiger partial charge in [0.25, 0.3) is 0 Å². The van der Waals surface area contributed by atoms with Crippen LogP contribution >= 0.6 is 46.0 Å². The zero-order valence-electron chi connectivity index (χ0n) is 15.9. The van der Waals surface area contributed by atoms with Crippen LogP contribution in [0.25, 0.3) is 10.6 Å². The lowest BCUT2D eigenvalue weighted by Gasteiger charge is -2.07. The van der Waals surface area contributed by atoms with Gasteiger partial charge in [-0.15, -0.1) is 22.7 Å². The Labute approximate surface area is 190 Å². The van der Waals surface area contributed by atoms with E-state index in [-0.39, 0.29) is 12.3 Å². The smallest absolute Gasteiger partial charge is 0.227 e. The Hall–Kier alpha value is -2.20. The fraction of sp³-hybridized carbons (Fsp3) is 0.200. The second-order valence-electron chi connectivity index (χ2n) is 6.38. The summed E-state index contributed by atoms with van der Waals surface area (Å²) in [5.41, 5.74) is 2.66. The number of hydrogen-bond acceptors (Lipinski definition) is 8. The number of anilines is 1. The van der Waals surface area contributed by atoms with Crippen molar-refractivity contribution in [2.24, 2.45) is 0 Å². The Balaban J connectivity index is 1.25. The van der Waals surface area contributed by atoms with E-state index in [4.69, 9.17) is 16.1 Å². The first-order chi connectivity index (χ1) is 14.6. The number of amides is 1. The maximum Gasteiger partial charge on any atom is 0.227 e. The SMILES string of the molecule is Cc1cc(Cl)ccc1NC(=O)CCc1nc(CSc2nc(-c3cccs3)cs2)no1. The maximum absolute atomic E-state index is 12.2. The Bertz CT molecular complexity index is 1140. The fourth-order valence-corrected chi connectivity index (χ4v) is 5.29. The number of carbonyl (C=O) groups is 1. The van der Waals surface area contributed by atoms with E-state index in [0.29, 0.717) is 28.9 Å². The molecule has 4 rings (SSSR count). The summed E-state index contributed by atoms with van der Waals surface area (Å²) < 4.78 is 6.23. The lowest BCUT2D eigenvalue weighted by Crippen LogP contribution is -2.13. The van der Waals surface area contributed by atoms with Gasteiger partial charge in [0.15, 0.2) is 10.2 Å². The van der Waals surface area contributed by atoms with Crippen molar-refractivity contribution in [2.75, 3.05) is 5.32 Å². The lowest BCUT2D eigenvalue weighted by molar-refractivity contribution is -0.116. The van der Waals surface area contributed by atoms with Crippen LogP contribution in [0.2, 0.25) is 5.02 Å². The van der Waals surface area contributed by atoms with Crippen LogP contribution in [-0.4, -0.2) is 21.0 Å². The van der Waals surface area contributed by atoms with E-state index in [9.17, 15) is 4.79 Å². The van der Waals surface area contributed by atoms with Gasteiger partial charge < -0.3 is 9.84 Å². The molecule has 10 heteroatoms. The van der Waals surface area contributed by atoms with Gasteiger partial charge in [-0.05, 0) is 42.1 Å². The van der Waals surface area contributed by atoms with Gasteiger partial charge in [0, 0.05) is 28.9 Å². The first kappa shape index (κ1) is 21.0. The van der Waals surface area contributed by atoms with E-state index in [2.05, 4.69) is 31.9 Å². The third-order valence-electron chi connectivity index (χ3n) is 4.12. The van der Waals surface area contributed by atoms with Crippen LogP contribution < -0.4 is 5.32 Å².